The Bertz CT molecular complexity index is 799. The first-order valence-corrected chi connectivity index (χ1v) is 7.88. The molecule has 0 bridgehead atoms. The molecule has 0 unspecified atom stereocenters. The SMILES string of the molecule is CC(C)(C)c1ccc(C2=[N+]([O-])c3cc(Br)ccc3C2=O)cc1. The molecule has 0 radical (unpaired) electrons. The van der Waals surface area contributed by atoms with E-state index in [9.17, 15) is 10.0 Å². The molecule has 0 amide bonds. The number of halogens is 1. The lowest BCUT2D eigenvalue weighted by molar-refractivity contribution is -0.355. The highest BCUT2D eigenvalue weighted by Gasteiger charge is 2.36. The predicted octanol–water partition coefficient (Wildman–Crippen LogP) is 4.57. The second-order valence-corrected chi connectivity index (χ2v) is 7.38. The van der Waals surface area contributed by atoms with E-state index in [1.165, 1.54) is 5.56 Å². The van der Waals surface area contributed by atoms with Crippen molar-refractivity contribution in [2.45, 2.75) is 26.2 Å². The van der Waals surface area contributed by atoms with Crippen molar-refractivity contribution in [2.24, 2.45) is 0 Å². The van der Waals surface area contributed by atoms with Crippen molar-refractivity contribution >= 4 is 33.1 Å². The average molecular weight is 358 g/mol. The number of rotatable bonds is 1. The molecule has 22 heavy (non-hydrogen) atoms. The summed E-state index contributed by atoms with van der Waals surface area (Å²) in [5, 5.41) is 12.5. The zero-order valence-corrected chi connectivity index (χ0v) is 14.3. The number of carbonyl (C=O) groups excluding carboxylic acids is 1. The minimum atomic E-state index is -0.221. The Labute approximate surface area is 138 Å². The van der Waals surface area contributed by atoms with E-state index in [1.54, 1.807) is 18.2 Å². The molecule has 0 spiro atoms. The number of Topliss-reactive ketones (excluding diaryl/α,β-unsaturated/α-hetero) is 1. The van der Waals surface area contributed by atoms with E-state index in [2.05, 4.69) is 36.7 Å². The number of carbonyl (C=O) groups is 1. The van der Waals surface area contributed by atoms with E-state index in [1.807, 2.05) is 24.3 Å². The maximum Gasteiger partial charge on any atom is 0.272 e. The number of nitrogens with zero attached hydrogens (tertiary/aromatic N) is 1. The summed E-state index contributed by atoms with van der Waals surface area (Å²) < 4.78 is 1.51. The standard InChI is InChI=1S/C18H16BrNO2/c1-18(2,3)12-6-4-11(5-7-12)16-17(21)14-9-8-13(19)10-15(14)20(16)22/h4-10H,1-3H3. The Balaban J connectivity index is 2.08. The first-order chi connectivity index (χ1) is 10.3. The van der Waals surface area contributed by atoms with Crippen molar-refractivity contribution in [1.29, 1.82) is 0 Å². The van der Waals surface area contributed by atoms with Crippen LogP contribution in [0.3, 0.4) is 0 Å². The molecule has 0 atom stereocenters. The van der Waals surface area contributed by atoms with Crippen LogP contribution in [0, 0.1) is 5.21 Å². The van der Waals surface area contributed by atoms with Crippen molar-refractivity contribution in [3.05, 3.63) is 68.8 Å². The molecule has 0 aliphatic carbocycles. The van der Waals surface area contributed by atoms with E-state index in [4.69, 9.17) is 0 Å². The minimum absolute atomic E-state index is 0.0356. The van der Waals surface area contributed by atoms with Crippen molar-refractivity contribution in [1.82, 2.24) is 0 Å². The van der Waals surface area contributed by atoms with Crippen molar-refractivity contribution in [2.75, 3.05) is 0 Å². The highest BCUT2D eigenvalue weighted by molar-refractivity contribution is 9.10. The third-order valence-corrected chi connectivity index (χ3v) is 4.36. The van der Waals surface area contributed by atoms with Crippen molar-refractivity contribution in [3.63, 3.8) is 0 Å². The lowest BCUT2D eigenvalue weighted by Gasteiger charge is -2.18. The highest BCUT2D eigenvalue weighted by atomic mass is 79.9. The topological polar surface area (TPSA) is 43.1 Å². The molecule has 4 heteroatoms. The van der Waals surface area contributed by atoms with Crippen LogP contribution in [-0.4, -0.2) is 16.2 Å². The summed E-state index contributed by atoms with van der Waals surface area (Å²) in [6.45, 7) is 6.38. The first-order valence-electron chi connectivity index (χ1n) is 7.08. The van der Waals surface area contributed by atoms with Crippen molar-refractivity contribution in [3.8, 4) is 0 Å². The van der Waals surface area contributed by atoms with Crippen LogP contribution in [0.15, 0.2) is 46.9 Å². The van der Waals surface area contributed by atoms with Crippen LogP contribution >= 0.6 is 15.9 Å². The fourth-order valence-corrected chi connectivity index (χ4v) is 2.93. The van der Waals surface area contributed by atoms with Gasteiger partial charge in [0.15, 0.2) is 0 Å². The smallest absolute Gasteiger partial charge is 0.272 e. The summed E-state index contributed by atoms with van der Waals surface area (Å²) in [4.78, 5) is 12.5. The lowest BCUT2D eigenvalue weighted by Crippen LogP contribution is -2.17. The minimum Gasteiger partial charge on any atom is -0.618 e. The molecule has 112 valence electrons. The Morgan fingerprint density at radius 1 is 1.05 bits per heavy atom. The van der Waals surface area contributed by atoms with E-state index < -0.39 is 0 Å². The molecular formula is C18H16BrNO2. The second kappa shape index (κ2) is 5.06. The second-order valence-electron chi connectivity index (χ2n) is 6.46. The molecule has 3 rings (SSSR count). The quantitative estimate of drug-likeness (QED) is 0.553. The van der Waals surface area contributed by atoms with Crippen LogP contribution in [-0.2, 0) is 5.41 Å². The predicted molar refractivity (Wildman–Crippen MR) is 91.0 cm³/mol. The summed E-state index contributed by atoms with van der Waals surface area (Å²) >= 11 is 3.33. The molecule has 0 aromatic heterocycles. The molecule has 2 aromatic rings. The Hall–Kier alpha value is -1.94. The van der Waals surface area contributed by atoms with Gasteiger partial charge < -0.3 is 5.21 Å². The summed E-state index contributed by atoms with van der Waals surface area (Å²) in [7, 11) is 0. The van der Waals surface area contributed by atoms with Gasteiger partial charge in [-0.2, -0.15) is 4.74 Å². The van der Waals surface area contributed by atoms with Gasteiger partial charge in [-0.05, 0) is 35.2 Å². The van der Waals surface area contributed by atoms with E-state index >= 15 is 0 Å². The summed E-state index contributed by atoms with van der Waals surface area (Å²) in [5.41, 5.74) is 2.89. The molecule has 1 aliphatic rings. The zero-order chi connectivity index (χ0) is 16.1. The molecule has 0 fully saturated rings. The molecule has 1 aliphatic heterocycles. The van der Waals surface area contributed by atoms with Gasteiger partial charge in [0.05, 0.1) is 5.56 Å². The molecule has 3 nitrogen and oxygen atoms in total. The number of fused-ring (bicyclic) bond motifs is 1. The van der Waals surface area contributed by atoms with Gasteiger partial charge in [0.2, 0.25) is 5.69 Å². The fraction of sp³-hybridized carbons (Fsp3) is 0.222. The monoisotopic (exact) mass is 357 g/mol. The molecule has 0 N–H and O–H groups in total. The molecule has 0 saturated carbocycles. The Kier molecular flexibility index (Phi) is 3.44. The highest BCUT2D eigenvalue weighted by Crippen LogP contribution is 2.31. The van der Waals surface area contributed by atoms with Crippen LogP contribution in [0.4, 0.5) is 5.69 Å². The third-order valence-electron chi connectivity index (χ3n) is 3.87. The summed E-state index contributed by atoms with van der Waals surface area (Å²) in [6.07, 6.45) is 0. The van der Waals surface area contributed by atoms with E-state index in [0.717, 1.165) is 9.21 Å². The number of ketones is 1. The molecular weight excluding hydrogens is 342 g/mol. The summed E-state index contributed by atoms with van der Waals surface area (Å²) in [5.74, 6) is -0.221. The van der Waals surface area contributed by atoms with Crippen molar-refractivity contribution < 1.29 is 9.53 Å². The normalized spacial score (nSPS) is 14.5. The van der Waals surface area contributed by atoms with Gasteiger partial charge in [-0.15, -0.1) is 0 Å². The Morgan fingerprint density at radius 2 is 1.68 bits per heavy atom. The van der Waals surface area contributed by atoms with Gasteiger partial charge in [0, 0.05) is 10.5 Å². The largest absolute Gasteiger partial charge is 0.618 e. The van der Waals surface area contributed by atoms with E-state index in [0.29, 0.717) is 16.8 Å². The van der Waals surface area contributed by atoms with Gasteiger partial charge in [0.25, 0.3) is 11.5 Å². The lowest BCUT2D eigenvalue weighted by atomic mass is 9.86. The number of hydrogen-bond donors (Lipinski definition) is 0. The van der Waals surface area contributed by atoms with E-state index in [-0.39, 0.29) is 16.9 Å². The van der Waals surface area contributed by atoms with Gasteiger partial charge >= 0.3 is 0 Å². The number of hydrogen-bond acceptors (Lipinski definition) is 2. The fourth-order valence-electron chi connectivity index (χ4n) is 2.58. The van der Waals surface area contributed by atoms with Crippen LogP contribution < -0.4 is 0 Å². The van der Waals surface area contributed by atoms with Crippen LogP contribution in [0.5, 0.6) is 0 Å². The van der Waals surface area contributed by atoms with Gasteiger partial charge in [-0.1, -0.05) is 48.8 Å². The maximum atomic E-state index is 12.5. The molecule has 2 aromatic carbocycles. The van der Waals surface area contributed by atoms with Crippen LogP contribution in [0.2, 0.25) is 0 Å². The zero-order valence-electron chi connectivity index (χ0n) is 12.7. The first kappa shape index (κ1) is 15.0. The van der Waals surface area contributed by atoms with Crippen LogP contribution in [0.25, 0.3) is 0 Å². The van der Waals surface area contributed by atoms with Gasteiger partial charge in [0.1, 0.15) is 5.56 Å². The van der Waals surface area contributed by atoms with Gasteiger partial charge in [-0.25, -0.2) is 0 Å². The number of benzene rings is 2. The third kappa shape index (κ3) is 2.37. The Morgan fingerprint density at radius 3 is 2.27 bits per heavy atom. The van der Waals surface area contributed by atoms with Gasteiger partial charge in [-0.3, -0.25) is 4.79 Å². The maximum absolute atomic E-state index is 12.5. The molecule has 0 saturated heterocycles. The van der Waals surface area contributed by atoms with Crippen LogP contribution in [0.1, 0.15) is 42.3 Å². The molecule has 1 heterocycles. The summed E-state index contributed by atoms with van der Waals surface area (Å²) in [6, 6.07) is 12.8. The average Bonchev–Trinajstić information content (AvgIpc) is 2.70.